The van der Waals surface area contributed by atoms with Crippen LogP contribution in [0.25, 0.3) is 26.7 Å². The number of carbonyl (C=O) groups excluding carboxylic acids is 1. The summed E-state index contributed by atoms with van der Waals surface area (Å²) >= 11 is 0. The number of hydrogen-bond acceptors (Lipinski definition) is 3. The highest BCUT2D eigenvalue weighted by Gasteiger charge is 2.28. The number of piperidine rings is 1. The number of rotatable bonds is 2. The molecule has 4 rings (SSSR count). The average molecular weight is 418 g/mol. The van der Waals surface area contributed by atoms with E-state index >= 15 is 0 Å². The van der Waals surface area contributed by atoms with Gasteiger partial charge in [-0.25, -0.2) is 9.64 Å². The van der Waals surface area contributed by atoms with Gasteiger partial charge < -0.3 is 19.3 Å². The van der Waals surface area contributed by atoms with Crippen LogP contribution in [0.2, 0.25) is 0 Å². The van der Waals surface area contributed by atoms with Gasteiger partial charge in [-0.1, -0.05) is 30.3 Å². The summed E-state index contributed by atoms with van der Waals surface area (Å²) in [6.07, 6.45) is 3.24. The average Bonchev–Trinajstić information content (AvgIpc) is 3.08. The second-order valence-electron chi connectivity index (χ2n) is 9.02. The topological polar surface area (TPSA) is 59.1 Å². The number of aromatic hydroxyl groups is 1. The normalized spacial score (nSPS) is 15.1. The highest BCUT2D eigenvalue weighted by molar-refractivity contribution is 5.91. The number of amides is 1. The van der Waals surface area contributed by atoms with Crippen molar-refractivity contribution < 1.29 is 14.6 Å². The fourth-order valence-electron chi connectivity index (χ4n) is 4.06. The number of fused-ring (bicyclic) bond motifs is 1. The predicted octanol–water partition coefficient (Wildman–Crippen LogP) is 6.14. The van der Waals surface area contributed by atoms with Gasteiger partial charge in [0.1, 0.15) is 5.60 Å². The number of ether oxygens (including phenoxy) is 1. The minimum atomic E-state index is -0.502. The Hall–Kier alpha value is -3.46. The van der Waals surface area contributed by atoms with Crippen molar-refractivity contribution in [3.05, 3.63) is 60.1 Å². The Bertz CT molecular complexity index is 1140. The number of likely N-dealkylation sites (tertiary alicyclic amines) is 1. The van der Waals surface area contributed by atoms with Crippen LogP contribution in [-0.2, 0) is 4.74 Å². The molecule has 2 aromatic carbocycles. The van der Waals surface area contributed by atoms with E-state index in [9.17, 15) is 9.90 Å². The maximum atomic E-state index is 12.3. The van der Waals surface area contributed by atoms with Gasteiger partial charge in [-0.2, -0.15) is 0 Å². The summed E-state index contributed by atoms with van der Waals surface area (Å²) in [6, 6.07) is 13.6. The van der Waals surface area contributed by atoms with Gasteiger partial charge in [0.2, 0.25) is 0 Å². The van der Waals surface area contributed by atoms with Crippen LogP contribution < -0.4 is 0 Å². The molecule has 160 valence electrons. The Balaban J connectivity index is 1.52. The molecule has 1 amide bonds. The molecule has 1 aliphatic heterocycles. The molecule has 2 heterocycles. The van der Waals surface area contributed by atoms with Crippen molar-refractivity contribution in [1.29, 1.82) is 0 Å². The lowest BCUT2D eigenvalue weighted by atomic mass is 10.0. The van der Waals surface area contributed by atoms with E-state index in [2.05, 4.69) is 10.9 Å². The first-order valence-corrected chi connectivity index (χ1v) is 10.5. The SMILES string of the molecule is [C-]#[N+]c1ccc(-c2ccc3c(O)n(C4CCN(C(=O)OC(C)(C)C)CC4)cc3c2)cc1. The van der Waals surface area contributed by atoms with E-state index in [1.807, 2.05) is 67.9 Å². The van der Waals surface area contributed by atoms with Crippen LogP contribution in [0.5, 0.6) is 5.88 Å². The van der Waals surface area contributed by atoms with Gasteiger partial charge in [0.05, 0.1) is 6.57 Å². The minimum Gasteiger partial charge on any atom is -0.494 e. The maximum absolute atomic E-state index is 12.3. The zero-order chi connectivity index (χ0) is 22.2. The molecular formula is C25H27N3O3. The molecule has 6 nitrogen and oxygen atoms in total. The van der Waals surface area contributed by atoms with E-state index < -0.39 is 5.60 Å². The molecule has 31 heavy (non-hydrogen) atoms. The summed E-state index contributed by atoms with van der Waals surface area (Å²) < 4.78 is 7.41. The number of benzene rings is 2. The largest absolute Gasteiger partial charge is 0.494 e. The summed E-state index contributed by atoms with van der Waals surface area (Å²) in [4.78, 5) is 17.5. The third kappa shape index (κ3) is 4.36. The smallest absolute Gasteiger partial charge is 0.410 e. The van der Waals surface area contributed by atoms with E-state index in [1.165, 1.54) is 0 Å². The zero-order valence-electron chi connectivity index (χ0n) is 18.1. The molecular weight excluding hydrogens is 390 g/mol. The van der Waals surface area contributed by atoms with E-state index in [4.69, 9.17) is 11.3 Å². The molecule has 3 aromatic rings. The van der Waals surface area contributed by atoms with Crippen LogP contribution in [-0.4, -0.2) is 39.4 Å². The van der Waals surface area contributed by atoms with Crippen molar-refractivity contribution in [2.75, 3.05) is 13.1 Å². The molecule has 0 bridgehead atoms. The lowest BCUT2D eigenvalue weighted by molar-refractivity contribution is 0.0187. The highest BCUT2D eigenvalue weighted by Crippen LogP contribution is 2.36. The molecule has 0 saturated carbocycles. The molecule has 1 saturated heterocycles. The van der Waals surface area contributed by atoms with Crippen molar-refractivity contribution in [3.8, 4) is 17.0 Å². The molecule has 0 spiro atoms. The van der Waals surface area contributed by atoms with Crippen molar-refractivity contribution in [2.45, 2.75) is 45.3 Å². The lowest BCUT2D eigenvalue weighted by Crippen LogP contribution is -2.42. The molecule has 1 fully saturated rings. The Morgan fingerprint density at radius 3 is 2.35 bits per heavy atom. The lowest BCUT2D eigenvalue weighted by Gasteiger charge is -2.34. The maximum Gasteiger partial charge on any atom is 0.410 e. The minimum absolute atomic E-state index is 0.132. The molecule has 0 radical (unpaired) electrons. The van der Waals surface area contributed by atoms with Gasteiger partial charge >= 0.3 is 6.09 Å². The number of aromatic nitrogens is 1. The molecule has 0 aliphatic carbocycles. The molecule has 0 atom stereocenters. The fraction of sp³-hybridized carbons (Fsp3) is 0.360. The number of carbonyl (C=O) groups is 1. The van der Waals surface area contributed by atoms with Crippen molar-refractivity contribution >= 4 is 22.6 Å². The van der Waals surface area contributed by atoms with Crippen LogP contribution in [0.15, 0.2) is 48.7 Å². The van der Waals surface area contributed by atoms with Gasteiger partial charge in [0.25, 0.3) is 0 Å². The molecule has 6 heteroatoms. The third-order valence-electron chi connectivity index (χ3n) is 5.65. The van der Waals surface area contributed by atoms with Crippen LogP contribution in [0.3, 0.4) is 0 Å². The van der Waals surface area contributed by atoms with Gasteiger partial charge in [0.15, 0.2) is 11.6 Å². The third-order valence-corrected chi connectivity index (χ3v) is 5.65. The molecule has 0 unspecified atom stereocenters. The van der Waals surface area contributed by atoms with Gasteiger partial charge in [-0.3, -0.25) is 0 Å². The van der Waals surface area contributed by atoms with Crippen molar-refractivity contribution in [1.82, 2.24) is 9.47 Å². The summed E-state index contributed by atoms with van der Waals surface area (Å²) in [6.45, 7) is 13.9. The Kier molecular flexibility index (Phi) is 5.36. The zero-order valence-corrected chi connectivity index (χ0v) is 18.1. The van der Waals surface area contributed by atoms with Crippen molar-refractivity contribution in [3.63, 3.8) is 0 Å². The summed E-state index contributed by atoms with van der Waals surface area (Å²) in [5, 5.41) is 12.6. The predicted molar refractivity (Wildman–Crippen MR) is 121 cm³/mol. The summed E-state index contributed by atoms with van der Waals surface area (Å²) in [5.41, 5.74) is 2.19. The standard InChI is InChI=1S/C25H27N3O3/c1-25(2,3)31-24(30)27-13-11-21(12-14-27)28-16-19-15-18(7-10-22(19)23(28)29)17-5-8-20(26-4)9-6-17/h5-10,15-16,21,29H,11-14H2,1-3H3. The van der Waals surface area contributed by atoms with Crippen LogP contribution in [0.4, 0.5) is 10.5 Å². The fourth-order valence-corrected chi connectivity index (χ4v) is 4.06. The Morgan fingerprint density at radius 2 is 1.74 bits per heavy atom. The Morgan fingerprint density at radius 1 is 1.10 bits per heavy atom. The van der Waals surface area contributed by atoms with Gasteiger partial charge in [0, 0.05) is 36.1 Å². The summed E-state index contributed by atoms with van der Waals surface area (Å²) in [5.74, 6) is 0.264. The van der Waals surface area contributed by atoms with Crippen LogP contribution in [0, 0.1) is 6.57 Å². The first-order valence-electron chi connectivity index (χ1n) is 10.5. The van der Waals surface area contributed by atoms with E-state index in [1.54, 1.807) is 4.90 Å². The molecule has 1 aromatic heterocycles. The highest BCUT2D eigenvalue weighted by atomic mass is 16.6. The number of hydrogen-bond donors (Lipinski definition) is 1. The van der Waals surface area contributed by atoms with E-state index in [-0.39, 0.29) is 18.0 Å². The monoisotopic (exact) mass is 417 g/mol. The second kappa shape index (κ2) is 7.99. The van der Waals surface area contributed by atoms with Crippen LogP contribution >= 0.6 is 0 Å². The van der Waals surface area contributed by atoms with Crippen LogP contribution in [0.1, 0.15) is 39.7 Å². The quantitative estimate of drug-likeness (QED) is 0.510. The first-order chi connectivity index (χ1) is 14.7. The first kappa shape index (κ1) is 20.8. The van der Waals surface area contributed by atoms with Gasteiger partial charge in [-0.05, 0) is 56.9 Å². The van der Waals surface area contributed by atoms with Crippen molar-refractivity contribution in [2.24, 2.45) is 0 Å². The molecule has 1 aliphatic rings. The van der Waals surface area contributed by atoms with E-state index in [0.29, 0.717) is 18.8 Å². The van der Waals surface area contributed by atoms with E-state index in [0.717, 1.165) is 34.7 Å². The Labute approximate surface area is 182 Å². The van der Waals surface area contributed by atoms with Gasteiger partial charge in [-0.15, -0.1) is 0 Å². The summed E-state index contributed by atoms with van der Waals surface area (Å²) in [7, 11) is 0. The second-order valence-corrected chi connectivity index (χ2v) is 9.02. The molecule has 1 N–H and O–H groups in total. The number of nitrogens with zero attached hydrogens (tertiary/aromatic N) is 3.